The Hall–Kier alpha value is -2.66. The van der Waals surface area contributed by atoms with Crippen molar-refractivity contribution in [2.45, 2.75) is 18.8 Å². The molecule has 0 atom stereocenters. The minimum absolute atomic E-state index is 0.138. The van der Waals surface area contributed by atoms with Gasteiger partial charge in [0.15, 0.2) is 0 Å². The molecule has 0 amide bonds. The number of benzene rings is 2. The molecule has 3 rings (SSSR count). The summed E-state index contributed by atoms with van der Waals surface area (Å²) in [6.07, 6.45) is 3.28. The molecule has 0 aliphatic carbocycles. The molecule has 0 aliphatic heterocycles. The van der Waals surface area contributed by atoms with Gasteiger partial charge < -0.3 is 4.57 Å². The summed E-state index contributed by atoms with van der Waals surface area (Å²) in [7, 11) is -3.51. The number of hydrogen-bond acceptors (Lipinski definition) is 4. The molecule has 1 heterocycles. The number of aromatic nitrogens is 2. The van der Waals surface area contributed by atoms with Gasteiger partial charge in [-0.05, 0) is 35.4 Å². The van der Waals surface area contributed by atoms with Crippen LogP contribution in [0.1, 0.15) is 22.4 Å². The SMILES string of the molecule is N#Cc1ccc(Cn2cncc2CNS(=O)(=O)Cc2cccc(Cl)c2)cc1. The summed E-state index contributed by atoms with van der Waals surface area (Å²) in [5.74, 6) is -0.142. The summed E-state index contributed by atoms with van der Waals surface area (Å²) in [6, 6.07) is 16.1. The van der Waals surface area contributed by atoms with Crippen molar-refractivity contribution in [3.8, 4) is 6.07 Å². The molecule has 2 aromatic carbocycles. The van der Waals surface area contributed by atoms with Crippen molar-refractivity contribution in [3.63, 3.8) is 0 Å². The summed E-state index contributed by atoms with van der Waals surface area (Å²) in [5.41, 5.74) is 2.96. The lowest BCUT2D eigenvalue weighted by atomic mass is 10.1. The van der Waals surface area contributed by atoms with Crippen molar-refractivity contribution in [1.29, 1.82) is 5.26 Å². The second kappa shape index (κ2) is 8.35. The Bertz CT molecular complexity index is 1070. The Labute approximate surface area is 163 Å². The summed E-state index contributed by atoms with van der Waals surface area (Å²) in [5, 5.41) is 9.36. The number of imidazole rings is 1. The van der Waals surface area contributed by atoms with E-state index in [0.29, 0.717) is 22.7 Å². The third-order valence-electron chi connectivity index (χ3n) is 3.95. The first-order valence-electron chi connectivity index (χ1n) is 8.15. The third kappa shape index (κ3) is 5.41. The molecular formula is C19H17ClN4O2S. The van der Waals surface area contributed by atoms with Gasteiger partial charge in [0.2, 0.25) is 10.0 Å². The molecule has 1 N–H and O–H groups in total. The Morgan fingerprint density at radius 1 is 1.15 bits per heavy atom. The fourth-order valence-electron chi connectivity index (χ4n) is 2.60. The molecule has 0 radical (unpaired) electrons. The molecule has 0 fully saturated rings. The zero-order chi connectivity index (χ0) is 19.3. The molecule has 0 saturated carbocycles. The van der Waals surface area contributed by atoms with Crippen molar-refractivity contribution in [1.82, 2.24) is 14.3 Å². The molecule has 0 unspecified atom stereocenters. The molecule has 6 nitrogen and oxygen atoms in total. The van der Waals surface area contributed by atoms with Gasteiger partial charge in [-0.15, -0.1) is 0 Å². The van der Waals surface area contributed by atoms with E-state index in [0.717, 1.165) is 11.3 Å². The van der Waals surface area contributed by atoms with Crippen LogP contribution in [0, 0.1) is 11.3 Å². The largest absolute Gasteiger partial charge is 0.329 e. The van der Waals surface area contributed by atoms with E-state index < -0.39 is 10.0 Å². The van der Waals surface area contributed by atoms with Crippen molar-refractivity contribution < 1.29 is 8.42 Å². The van der Waals surface area contributed by atoms with E-state index >= 15 is 0 Å². The van der Waals surface area contributed by atoms with Crippen molar-refractivity contribution in [3.05, 3.63) is 88.5 Å². The monoisotopic (exact) mass is 400 g/mol. The zero-order valence-electron chi connectivity index (χ0n) is 14.3. The zero-order valence-corrected chi connectivity index (χ0v) is 15.9. The lowest BCUT2D eigenvalue weighted by molar-refractivity contribution is 0.577. The van der Waals surface area contributed by atoms with Gasteiger partial charge >= 0.3 is 0 Å². The van der Waals surface area contributed by atoms with Gasteiger partial charge in [-0.1, -0.05) is 35.9 Å². The van der Waals surface area contributed by atoms with Gasteiger partial charge in [0.25, 0.3) is 0 Å². The number of sulfonamides is 1. The fourth-order valence-corrected chi connectivity index (χ4v) is 3.90. The molecule has 0 aliphatic rings. The van der Waals surface area contributed by atoms with Crippen LogP contribution in [0.3, 0.4) is 0 Å². The Kier molecular flexibility index (Phi) is 5.91. The fraction of sp³-hybridized carbons (Fsp3) is 0.158. The molecule has 138 valence electrons. The highest BCUT2D eigenvalue weighted by atomic mass is 35.5. The average molecular weight is 401 g/mol. The van der Waals surface area contributed by atoms with E-state index in [9.17, 15) is 8.42 Å². The number of nitriles is 1. The van der Waals surface area contributed by atoms with Gasteiger partial charge in [-0.2, -0.15) is 5.26 Å². The van der Waals surface area contributed by atoms with E-state index in [2.05, 4.69) is 15.8 Å². The summed E-state index contributed by atoms with van der Waals surface area (Å²) in [6.45, 7) is 0.677. The van der Waals surface area contributed by atoms with Crippen molar-refractivity contribution in [2.75, 3.05) is 0 Å². The highest BCUT2D eigenvalue weighted by molar-refractivity contribution is 7.88. The van der Waals surface area contributed by atoms with E-state index in [1.807, 2.05) is 16.7 Å². The molecule has 27 heavy (non-hydrogen) atoms. The first-order chi connectivity index (χ1) is 12.9. The van der Waals surface area contributed by atoms with Gasteiger partial charge in [-0.3, -0.25) is 0 Å². The Balaban J connectivity index is 1.64. The molecule has 1 aromatic heterocycles. The lowest BCUT2D eigenvalue weighted by Crippen LogP contribution is -2.26. The van der Waals surface area contributed by atoms with E-state index in [1.54, 1.807) is 48.9 Å². The molecule has 0 saturated heterocycles. The highest BCUT2D eigenvalue weighted by Gasteiger charge is 2.13. The van der Waals surface area contributed by atoms with Crippen LogP contribution in [-0.2, 0) is 28.9 Å². The summed E-state index contributed by atoms with van der Waals surface area (Å²) >= 11 is 5.90. The Morgan fingerprint density at radius 3 is 2.63 bits per heavy atom. The quantitative estimate of drug-likeness (QED) is 0.660. The minimum atomic E-state index is -3.51. The van der Waals surface area contributed by atoms with Gasteiger partial charge in [0, 0.05) is 17.8 Å². The van der Waals surface area contributed by atoms with E-state index in [1.165, 1.54) is 0 Å². The molecular weight excluding hydrogens is 384 g/mol. The Morgan fingerprint density at radius 2 is 1.93 bits per heavy atom. The smallest absolute Gasteiger partial charge is 0.216 e. The van der Waals surface area contributed by atoms with Crippen LogP contribution in [0.25, 0.3) is 0 Å². The maximum Gasteiger partial charge on any atom is 0.216 e. The number of nitrogens with one attached hydrogen (secondary N) is 1. The maximum absolute atomic E-state index is 12.3. The predicted octanol–water partition coefficient (Wildman–Crippen LogP) is 3.08. The van der Waals surface area contributed by atoms with Crippen LogP contribution < -0.4 is 4.72 Å². The molecule has 8 heteroatoms. The highest BCUT2D eigenvalue weighted by Crippen LogP contribution is 2.13. The van der Waals surface area contributed by atoms with Crippen LogP contribution in [0.5, 0.6) is 0 Å². The standard InChI is InChI=1S/C19H17ClN4O2S/c20-18-3-1-2-17(8-18)13-27(25,26)23-11-19-10-22-14-24(19)12-16-6-4-15(9-21)5-7-16/h1-8,10,14,23H,11-13H2. The predicted molar refractivity (Wildman–Crippen MR) is 103 cm³/mol. The maximum atomic E-state index is 12.3. The second-order valence-corrected chi connectivity index (χ2v) is 8.28. The van der Waals surface area contributed by atoms with E-state index in [4.69, 9.17) is 16.9 Å². The van der Waals surface area contributed by atoms with Crippen molar-refractivity contribution >= 4 is 21.6 Å². The van der Waals surface area contributed by atoms with Crippen molar-refractivity contribution in [2.24, 2.45) is 0 Å². The first kappa shape index (κ1) is 19.1. The normalized spacial score (nSPS) is 11.3. The van der Waals surface area contributed by atoms with Gasteiger partial charge in [-0.25, -0.2) is 18.1 Å². The van der Waals surface area contributed by atoms with Crippen LogP contribution >= 0.6 is 11.6 Å². The lowest BCUT2D eigenvalue weighted by Gasteiger charge is -2.10. The summed E-state index contributed by atoms with van der Waals surface area (Å²) in [4.78, 5) is 4.11. The van der Waals surface area contributed by atoms with Crippen LogP contribution in [-0.4, -0.2) is 18.0 Å². The number of nitrogens with zero attached hydrogens (tertiary/aromatic N) is 3. The van der Waals surface area contributed by atoms with Crippen LogP contribution in [0.15, 0.2) is 61.1 Å². The number of halogens is 1. The number of hydrogen-bond donors (Lipinski definition) is 1. The molecule has 3 aromatic rings. The van der Waals surface area contributed by atoms with Crippen LogP contribution in [0.4, 0.5) is 0 Å². The first-order valence-corrected chi connectivity index (χ1v) is 10.2. The van der Waals surface area contributed by atoms with Crippen LogP contribution in [0.2, 0.25) is 5.02 Å². The summed E-state index contributed by atoms with van der Waals surface area (Å²) < 4.78 is 29.1. The number of rotatable bonds is 7. The topological polar surface area (TPSA) is 87.8 Å². The van der Waals surface area contributed by atoms with Gasteiger partial charge in [0.1, 0.15) is 0 Å². The molecule has 0 bridgehead atoms. The minimum Gasteiger partial charge on any atom is -0.329 e. The third-order valence-corrected chi connectivity index (χ3v) is 5.49. The van der Waals surface area contributed by atoms with E-state index in [-0.39, 0.29) is 12.3 Å². The molecule has 0 spiro atoms. The van der Waals surface area contributed by atoms with Gasteiger partial charge in [0.05, 0.1) is 36.0 Å². The average Bonchev–Trinajstić information content (AvgIpc) is 3.07. The second-order valence-electron chi connectivity index (χ2n) is 6.03.